The van der Waals surface area contributed by atoms with Gasteiger partial charge in [0.25, 0.3) is 0 Å². The molecule has 3 aromatic rings. The van der Waals surface area contributed by atoms with Crippen LogP contribution in [0.3, 0.4) is 0 Å². The molecule has 2 nitrogen and oxygen atoms in total. The fourth-order valence-corrected chi connectivity index (χ4v) is 3.22. The van der Waals surface area contributed by atoms with Gasteiger partial charge in [0.1, 0.15) is 5.75 Å². The number of hydrogen-bond donors (Lipinski definition) is 0. The van der Waals surface area contributed by atoms with Crippen LogP contribution in [-0.4, -0.2) is 5.79 Å². The third-order valence-electron chi connectivity index (χ3n) is 4.85. The quantitative estimate of drug-likeness (QED) is 0.383. The summed E-state index contributed by atoms with van der Waals surface area (Å²) < 4.78 is 12.6. The molecule has 0 bridgehead atoms. The van der Waals surface area contributed by atoms with E-state index in [-0.39, 0.29) is 0 Å². The summed E-state index contributed by atoms with van der Waals surface area (Å²) in [5.74, 6) is 0.153. The molecule has 27 heavy (non-hydrogen) atoms. The maximum absolute atomic E-state index is 6.34. The highest BCUT2D eigenvalue weighted by Gasteiger charge is 2.27. The van der Waals surface area contributed by atoms with Crippen LogP contribution in [-0.2, 0) is 11.3 Å². The van der Waals surface area contributed by atoms with Crippen molar-refractivity contribution in [2.45, 2.75) is 45.5 Å². The van der Waals surface area contributed by atoms with Gasteiger partial charge >= 0.3 is 0 Å². The summed E-state index contributed by atoms with van der Waals surface area (Å²) in [6, 6.07) is 22.7. The minimum absolute atomic E-state index is 0.520. The standard InChI is InChI=1S/C25H28O2/c1-4-6-18-25(3,27-23-16-14-20(5-2)15-17-23)26-19-22-12-9-11-21-10-7-8-13-24(21)22/h5,7-17H,2,4,6,18-19H2,1,3H3. The minimum Gasteiger partial charge on any atom is -0.463 e. The third kappa shape index (κ3) is 4.99. The van der Waals surface area contributed by atoms with E-state index in [4.69, 9.17) is 9.47 Å². The molecule has 0 heterocycles. The molecule has 0 spiro atoms. The number of fused-ring (bicyclic) bond motifs is 1. The fourth-order valence-electron chi connectivity index (χ4n) is 3.22. The molecular formula is C25H28O2. The topological polar surface area (TPSA) is 18.5 Å². The van der Waals surface area contributed by atoms with Crippen LogP contribution in [0, 0.1) is 0 Å². The van der Waals surface area contributed by atoms with Crippen LogP contribution < -0.4 is 4.74 Å². The Balaban J connectivity index is 1.77. The van der Waals surface area contributed by atoms with Gasteiger partial charge in [0.05, 0.1) is 6.61 Å². The zero-order valence-corrected chi connectivity index (χ0v) is 16.3. The van der Waals surface area contributed by atoms with Crippen molar-refractivity contribution in [3.05, 3.63) is 84.4 Å². The van der Waals surface area contributed by atoms with Crippen LogP contribution in [0.5, 0.6) is 5.75 Å². The number of rotatable bonds is 9. The van der Waals surface area contributed by atoms with Gasteiger partial charge < -0.3 is 9.47 Å². The second-order valence-electron chi connectivity index (χ2n) is 7.04. The highest BCUT2D eigenvalue weighted by Crippen LogP contribution is 2.28. The van der Waals surface area contributed by atoms with Gasteiger partial charge in [0, 0.05) is 13.3 Å². The van der Waals surface area contributed by atoms with Crippen molar-refractivity contribution in [3.63, 3.8) is 0 Å². The Morgan fingerprint density at radius 1 is 0.963 bits per heavy atom. The van der Waals surface area contributed by atoms with Crippen LogP contribution in [0.1, 0.15) is 44.2 Å². The molecule has 0 aliphatic heterocycles. The van der Waals surface area contributed by atoms with Gasteiger partial charge in [-0.3, -0.25) is 0 Å². The zero-order valence-electron chi connectivity index (χ0n) is 16.3. The van der Waals surface area contributed by atoms with Gasteiger partial charge in [0.15, 0.2) is 0 Å². The van der Waals surface area contributed by atoms with E-state index in [1.54, 1.807) is 0 Å². The van der Waals surface area contributed by atoms with Crippen molar-refractivity contribution >= 4 is 16.8 Å². The lowest BCUT2D eigenvalue weighted by molar-refractivity contribution is -0.183. The Morgan fingerprint density at radius 3 is 2.44 bits per heavy atom. The molecule has 0 aliphatic rings. The van der Waals surface area contributed by atoms with Gasteiger partial charge in [-0.15, -0.1) is 0 Å². The smallest absolute Gasteiger partial charge is 0.208 e. The Bertz CT molecular complexity index is 877. The van der Waals surface area contributed by atoms with Crippen molar-refractivity contribution in [1.29, 1.82) is 0 Å². The maximum Gasteiger partial charge on any atom is 0.208 e. The average molecular weight is 360 g/mol. The van der Waals surface area contributed by atoms with E-state index in [9.17, 15) is 0 Å². The highest BCUT2D eigenvalue weighted by atomic mass is 16.7. The first-order chi connectivity index (χ1) is 13.1. The molecule has 0 radical (unpaired) electrons. The molecule has 2 heteroatoms. The molecule has 0 saturated heterocycles. The molecule has 1 atom stereocenters. The number of hydrogen-bond acceptors (Lipinski definition) is 2. The number of benzene rings is 3. The number of ether oxygens (including phenoxy) is 2. The van der Waals surface area contributed by atoms with Gasteiger partial charge in [0.2, 0.25) is 5.79 Å². The second-order valence-corrected chi connectivity index (χ2v) is 7.04. The third-order valence-corrected chi connectivity index (χ3v) is 4.85. The van der Waals surface area contributed by atoms with Crippen molar-refractivity contribution in [1.82, 2.24) is 0 Å². The fraction of sp³-hybridized carbons (Fsp3) is 0.280. The van der Waals surface area contributed by atoms with Gasteiger partial charge in [-0.1, -0.05) is 80.6 Å². The lowest BCUT2D eigenvalue weighted by Crippen LogP contribution is -2.35. The summed E-state index contributed by atoms with van der Waals surface area (Å²) in [7, 11) is 0. The molecule has 0 saturated carbocycles. The van der Waals surface area contributed by atoms with Gasteiger partial charge in [-0.05, 0) is 40.5 Å². The molecule has 0 aromatic heterocycles. The summed E-state index contributed by atoms with van der Waals surface area (Å²) in [5.41, 5.74) is 2.26. The first-order valence-electron chi connectivity index (χ1n) is 9.65. The van der Waals surface area contributed by atoms with Crippen molar-refractivity contribution in [2.24, 2.45) is 0 Å². The first kappa shape index (κ1) is 19.2. The van der Waals surface area contributed by atoms with E-state index in [0.29, 0.717) is 6.61 Å². The van der Waals surface area contributed by atoms with Crippen molar-refractivity contribution in [2.75, 3.05) is 0 Å². The van der Waals surface area contributed by atoms with Gasteiger partial charge in [-0.2, -0.15) is 0 Å². The molecule has 3 aromatic carbocycles. The van der Waals surface area contributed by atoms with Crippen LogP contribution in [0.15, 0.2) is 73.3 Å². The zero-order chi connectivity index (χ0) is 19.1. The summed E-state index contributed by atoms with van der Waals surface area (Å²) in [4.78, 5) is 0. The van der Waals surface area contributed by atoms with E-state index in [1.807, 2.05) is 37.3 Å². The molecule has 3 rings (SSSR count). The molecule has 0 N–H and O–H groups in total. The summed E-state index contributed by atoms with van der Waals surface area (Å²) in [6.45, 7) is 8.54. The molecule has 0 fully saturated rings. The van der Waals surface area contributed by atoms with Crippen LogP contribution in [0.25, 0.3) is 16.8 Å². The Morgan fingerprint density at radius 2 is 1.70 bits per heavy atom. The highest BCUT2D eigenvalue weighted by molar-refractivity contribution is 5.85. The molecule has 140 valence electrons. The summed E-state index contributed by atoms with van der Waals surface area (Å²) in [6.07, 6.45) is 4.83. The van der Waals surface area contributed by atoms with Crippen molar-refractivity contribution in [3.8, 4) is 5.75 Å². The predicted molar refractivity (Wildman–Crippen MR) is 114 cm³/mol. The van der Waals surface area contributed by atoms with Crippen molar-refractivity contribution < 1.29 is 9.47 Å². The molecular weight excluding hydrogens is 332 g/mol. The predicted octanol–water partition coefficient (Wildman–Crippen LogP) is 6.98. The SMILES string of the molecule is C=Cc1ccc(OC(C)(CCCC)OCc2cccc3ccccc23)cc1. The monoisotopic (exact) mass is 360 g/mol. The second kappa shape index (κ2) is 8.88. The first-order valence-corrected chi connectivity index (χ1v) is 9.65. The largest absolute Gasteiger partial charge is 0.463 e. The average Bonchev–Trinajstić information content (AvgIpc) is 2.71. The lowest BCUT2D eigenvalue weighted by Gasteiger charge is -2.31. The molecule has 1 unspecified atom stereocenters. The van der Waals surface area contributed by atoms with Crippen LogP contribution >= 0.6 is 0 Å². The summed E-state index contributed by atoms with van der Waals surface area (Å²) in [5, 5.41) is 2.46. The maximum atomic E-state index is 6.34. The Hall–Kier alpha value is -2.58. The molecule has 0 amide bonds. The summed E-state index contributed by atoms with van der Waals surface area (Å²) >= 11 is 0. The van der Waals surface area contributed by atoms with Crippen LogP contribution in [0.4, 0.5) is 0 Å². The van der Waals surface area contributed by atoms with Gasteiger partial charge in [-0.25, -0.2) is 0 Å². The Labute approximate surface area is 162 Å². The normalized spacial score (nSPS) is 13.3. The van der Waals surface area contributed by atoms with E-state index < -0.39 is 5.79 Å². The Kier molecular flexibility index (Phi) is 6.31. The molecule has 0 aliphatic carbocycles. The number of unbranched alkanes of at least 4 members (excludes halogenated alkanes) is 1. The van der Waals surface area contributed by atoms with E-state index >= 15 is 0 Å². The lowest BCUT2D eigenvalue weighted by atomic mass is 10.0. The van der Waals surface area contributed by atoms with E-state index in [0.717, 1.165) is 30.6 Å². The van der Waals surface area contributed by atoms with E-state index in [2.05, 4.69) is 56.0 Å². The van der Waals surface area contributed by atoms with E-state index in [1.165, 1.54) is 16.3 Å². The minimum atomic E-state index is -0.664. The van der Waals surface area contributed by atoms with Crippen LogP contribution in [0.2, 0.25) is 0 Å².